The summed E-state index contributed by atoms with van der Waals surface area (Å²) in [7, 11) is 2.08. The molecule has 1 aromatic rings. The molecule has 3 rings (SSSR count). The molecule has 4 nitrogen and oxygen atoms in total. The van der Waals surface area contributed by atoms with E-state index >= 15 is 0 Å². The lowest BCUT2D eigenvalue weighted by Crippen LogP contribution is -2.50. The summed E-state index contributed by atoms with van der Waals surface area (Å²) in [5, 5.41) is 0. The van der Waals surface area contributed by atoms with E-state index in [1.54, 1.807) is 0 Å². The molecule has 0 aromatic carbocycles. The lowest BCUT2D eigenvalue weighted by molar-refractivity contribution is 0.00498. The fourth-order valence-electron chi connectivity index (χ4n) is 2.70. The number of nitrogens with zero attached hydrogens (tertiary/aromatic N) is 2. The van der Waals surface area contributed by atoms with E-state index in [1.165, 1.54) is 12.3 Å². The molecule has 0 aliphatic carbocycles. The molecule has 0 radical (unpaired) electrons. The molecule has 0 saturated carbocycles. The number of hydrogen-bond donors (Lipinski definition) is 1. The number of rotatable bonds is 0. The Hall–Kier alpha value is -1.20. The molecule has 17 heavy (non-hydrogen) atoms. The van der Waals surface area contributed by atoms with Crippen molar-refractivity contribution in [3.05, 3.63) is 23.6 Å². The zero-order chi connectivity index (χ0) is 12.0. The van der Waals surface area contributed by atoms with E-state index in [0.717, 1.165) is 25.9 Å². The number of nitrogens with two attached hydrogens (primary N) is 1. The number of likely N-dealkylation sites (tertiary alicyclic amines) is 1. The fraction of sp³-hybridized carbons (Fsp3) is 0.583. The fourth-order valence-corrected chi connectivity index (χ4v) is 2.70. The summed E-state index contributed by atoms with van der Waals surface area (Å²) in [6, 6.07) is 1.18. The van der Waals surface area contributed by atoms with E-state index in [0.29, 0.717) is 11.4 Å². The maximum atomic E-state index is 13.2. The molecule has 5 heteroatoms. The van der Waals surface area contributed by atoms with Crippen LogP contribution in [0.5, 0.6) is 5.88 Å². The average molecular weight is 237 g/mol. The van der Waals surface area contributed by atoms with Gasteiger partial charge in [0.15, 0.2) is 0 Å². The number of halogens is 1. The molecule has 1 saturated heterocycles. The first-order chi connectivity index (χ1) is 8.11. The van der Waals surface area contributed by atoms with Crippen LogP contribution in [0.25, 0.3) is 0 Å². The summed E-state index contributed by atoms with van der Waals surface area (Å²) >= 11 is 0. The Morgan fingerprint density at radius 1 is 1.53 bits per heavy atom. The molecule has 1 aromatic heterocycles. The van der Waals surface area contributed by atoms with Crippen molar-refractivity contribution in [1.29, 1.82) is 0 Å². The maximum absolute atomic E-state index is 13.2. The Morgan fingerprint density at radius 3 is 2.94 bits per heavy atom. The van der Waals surface area contributed by atoms with Crippen LogP contribution < -0.4 is 10.5 Å². The largest absolute Gasteiger partial charge is 0.469 e. The molecule has 1 atom stereocenters. The van der Waals surface area contributed by atoms with E-state index in [1.807, 2.05) is 0 Å². The van der Waals surface area contributed by atoms with Gasteiger partial charge in [-0.1, -0.05) is 0 Å². The molecular weight excluding hydrogens is 221 g/mol. The Labute approximate surface area is 99.6 Å². The molecule has 3 heterocycles. The summed E-state index contributed by atoms with van der Waals surface area (Å²) in [5.74, 6) is 0.149. The number of ether oxygens (including phenoxy) is 1. The first-order valence-electron chi connectivity index (χ1n) is 5.89. The van der Waals surface area contributed by atoms with Gasteiger partial charge < -0.3 is 15.4 Å². The molecule has 2 N–H and O–H groups in total. The van der Waals surface area contributed by atoms with E-state index in [2.05, 4.69) is 16.9 Å². The molecule has 1 fully saturated rings. The molecule has 2 aliphatic heterocycles. The van der Waals surface area contributed by atoms with Crippen LogP contribution in [0.3, 0.4) is 0 Å². The highest BCUT2D eigenvalue weighted by molar-refractivity contribution is 5.37. The molecule has 0 bridgehead atoms. The Balaban J connectivity index is 1.93. The Morgan fingerprint density at radius 2 is 2.24 bits per heavy atom. The van der Waals surface area contributed by atoms with Crippen LogP contribution in [0.1, 0.15) is 24.4 Å². The highest BCUT2D eigenvalue weighted by Crippen LogP contribution is 2.45. The van der Waals surface area contributed by atoms with Gasteiger partial charge in [0.05, 0.1) is 12.2 Å². The maximum Gasteiger partial charge on any atom is 0.219 e. The minimum Gasteiger partial charge on any atom is -0.469 e. The van der Waals surface area contributed by atoms with Crippen molar-refractivity contribution in [3.8, 4) is 5.88 Å². The van der Waals surface area contributed by atoms with Gasteiger partial charge in [0.2, 0.25) is 5.88 Å². The minimum atomic E-state index is -0.379. The third-order valence-corrected chi connectivity index (χ3v) is 3.88. The van der Waals surface area contributed by atoms with Gasteiger partial charge in [0, 0.05) is 31.5 Å². The normalized spacial score (nSPS) is 26.9. The first kappa shape index (κ1) is 10.9. The van der Waals surface area contributed by atoms with Crippen LogP contribution in [0.15, 0.2) is 12.3 Å². The predicted octanol–water partition coefficient (Wildman–Crippen LogP) is 1.08. The van der Waals surface area contributed by atoms with Gasteiger partial charge in [-0.15, -0.1) is 0 Å². The lowest BCUT2D eigenvalue weighted by Gasteiger charge is -2.39. The number of piperidine rings is 1. The predicted molar refractivity (Wildman–Crippen MR) is 61.2 cm³/mol. The van der Waals surface area contributed by atoms with E-state index in [9.17, 15) is 4.39 Å². The summed E-state index contributed by atoms with van der Waals surface area (Å²) < 4.78 is 19.1. The molecule has 1 spiro atoms. The summed E-state index contributed by atoms with van der Waals surface area (Å²) in [6.07, 6.45) is 2.91. The number of fused-ring (bicyclic) bond motifs is 1. The topological polar surface area (TPSA) is 51.4 Å². The van der Waals surface area contributed by atoms with Crippen molar-refractivity contribution in [2.75, 3.05) is 20.1 Å². The standard InChI is InChI=1S/C12H16FN3O/c1-16-4-2-12(3-5-16)10(14)9-6-8(13)7-15-11(9)17-12/h6-7,10H,2-5,14H2,1H3/t10-/m1/s1. The van der Waals surface area contributed by atoms with Crippen LogP contribution in [0.4, 0.5) is 4.39 Å². The van der Waals surface area contributed by atoms with Gasteiger partial charge in [-0.25, -0.2) is 9.37 Å². The smallest absolute Gasteiger partial charge is 0.219 e. The molecule has 92 valence electrons. The highest BCUT2D eigenvalue weighted by Gasteiger charge is 2.48. The third-order valence-electron chi connectivity index (χ3n) is 3.88. The zero-order valence-corrected chi connectivity index (χ0v) is 9.82. The van der Waals surface area contributed by atoms with Crippen molar-refractivity contribution in [2.45, 2.75) is 24.5 Å². The van der Waals surface area contributed by atoms with Crippen LogP contribution in [-0.2, 0) is 0 Å². The van der Waals surface area contributed by atoms with Crippen LogP contribution >= 0.6 is 0 Å². The molecule has 0 amide bonds. The minimum absolute atomic E-state index is 0.269. The number of hydrogen-bond acceptors (Lipinski definition) is 4. The summed E-state index contributed by atoms with van der Waals surface area (Å²) in [6.45, 7) is 1.90. The monoisotopic (exact) mass is 237 g/mol. The van der Waals surface area contributed by atoms with Gasteiger partial charge in [0.1, 0.15) is 11.4 Å². The van der Waals surface area contributed by atoms with E-state index in [4.69, 9.17) is 10.5 Å². The SMILES string of the molecule is CN1CCC2(CC1)Oc1ncc(F)cc1[C@H]2N. The summed E-state index contributed by atoms with van der Waals surface area (Å²) in [5.41, 5.74) is 6.54. The van der Waals surface area contributed by atoms with Crippen LogP contribution in [0, 0.1) is 5.82 Å². The van der Waals surface area contributed by atoms with Crippen molar-refractivity contribution in [2.24, 2.45) is 5.73 Å². The zero-order valence-electron chi connectivity index (χ0n) is 9.82. The number of pyridine rings is 1. The first-order valence-corrected chi connectivity index (χ1v) is 5.89. The second-order valence-corrected chi connectivity index (χ2v) is 5.00. The Kier molecular flexibility index (Phi) is 2.34. The summed E-state index contributed by atoms with van der Waals surface area (Å²) in [4.78, 5) is 6.24. The number of aromatic nitrogens is 1. The van der Waals surface area contributed by atoms with E-state index in [-0.39, 0.29) is 17.5 Å². The van der Waals surface area contributed by atoms with Crippen molar-refractivity contribution < 1.29 is 9.13 Å². The van der Waals surface area contributed by atoms with Crippen molar-refractivity contribution in [3.63, 3.8) is 0 Å². The second-order valence-electron chi connectivity index (χ2n) is 5.00. The average Bonchev–Trinajstić information content (AvgIpc) is 2.58. The van der Waals surface area contributed by atoms with Crippen molar-refractivity contribution >= 4 is 0 Å². The molecular formula is C12H16FN3O. The second kappa shape index (κ2) is 3.65. The highest BCUT2D eigenvalue weighted by atomic mass is 19.1. The van der Waals surface area contributed by atoms with Crippen LogP contribution in [-0.4, -0.2) is 35.6 Å². The molecule has 2 aliphatic rings. The lowest BCUT2D eigenvalue weighted by atomic mass is 9.83. The quantitative estimate of drug-likeness (QED) is 0.733. The molecule has 0 unspecified atom stereocenters. The van der Waals surface area contributed by atoms with Gasteiger partial charge in [-0.2, -0.15) is 0 Å². The van der Waals surface area contributed by atoms with E-state index < -0.39 is 0 Å². The van der Waals surface area contributed by atoms with Gasteiger partial charge in [-0.05, 0) is 13.1 Å². The van der Waals surface area contributed by atoms with Gasteiger partial charge in [-0.3, -0.25) is 0 Å². The van der Waals surface area contributed by atoms with Gasteiger partial charge >= 0.3 is 0 Å². The van der Waals surface area contributed by atoms with Crippen molar-refractivity contribution in [1.82, 2.24) is 9.88 Å². The van der Waals surface area contributed by atoms with Gasteiger partial charge in [0.25, 0.3) is 0 Å². The third kappa shape index (κ3) is 1.61. The van der Waals surface area contributed by atoms with Crippen LogP contribution in [0.2, 0.25) is 0 Å². The Bertz CT molecular complexity index is 443.